The molecule has 0 aliphatic carbocycles. The minimum absolute atomic E-state index is 0.117. The van der Waals surface area contributed by atoms with E-state index in [0.717, 1.165) is 0 Å². The van der Waals surface area contributed by atoms with Crippen LogP contribution in [0.15, 0.2) is 30.3 Å². The van der Waals surface area contributed by atoms with Gasteiger partial charge < -0.3 is 0 Å². The highest BCUT2D eigenvalue weighted by atomic mass is 35.5. The van der Waals surface area contributed by atoms with Crippen molar-refractivity contribution in [3.63, 3.8) is 0 Å². The third kappa shape index (κ3) is 2.59. The molecule has 1 aromatic heterocycles. The molecule has 1 heterocycles. The van der Waals surface area contributed by atoms with Crippen LogP contribution in [0.3, 0.4) is 0 Å². The average molecular weight is 364 g/mol. The molecule has 0 saturated carbocycles. The summed E-state index contributed by atoms with van der Waals surface area (Å²) in [5.74, 6) is 0.136. The molecule has 0 unspecified atom stereocenters. The van der Waals surface area contributed by atoms with Gasteiger partial charge in [-0.15, -0.1) is 11.6 Å². The smallest absolute Gasteiger partial charge is 0.148 e. The Labute approximate surface area is 140 Å². The summed E-state index contributed by atoms with van der Waals surface area (Å²) in [5, 5.41) is 1.06. The fourth-order valence-electron chi connectivity index (χ4n) is 2.14. The van der Waals surface area contributed by atoms with E-state index in [1.165, 1.54) is 6.07 Å². The first-order valence-electron chi connectivity index (χ1n) is 5.89. The van der Waals surface area contributed by atoms with E-state index in [-0.39, 0.29) is 5.88 Å². The molecule has 0 spiro atoms. The van der Waals surface area contributed by atoms with Crippen LogP contribution in [0.25, 0.3) is 16.7 Å². The van der Waals surface area contributed by atoms with Gasteiger partial charge in [0.1, 0.15) is 11.6 Å². The Balaban J connectivity index is 2.37. The van der Waals surface area contributed by atoms with Crippen molar-refractivity contribution in [1.82, 2.24) is 9.55 Å². The Kier molecular flexibility index (Phi) is 4.02. The number of hydrogen-bond acceptors (Lipinski definition) is 1. The van der Waals surface area contributed by atoms with Gasteiger partial charge in [-0.25, -0.2) is 9.37 Å². The predicted molar refractivity (Wildman–Crippen MR) is 85.6 cm³/mol. The van der Waals surface area contributed by atoms with Gasteiger partial charge in [-0.05, 0) is 30.3 Å². The zero-order chi connectivity index (χ0) is 15.1. The van der Waals surface area contributed by atoms with Gasteiger partial charge in [-0.1, -0.05) is 34.8 Å². The van der Waals surface area contributed by atoms with Crippen LogP contribution in [0, 0.1) is 5.82 Å². The van der Waals surface area contributed by atoms with Crippen LogP contribution in [0.4, 0.5) is 4.39 Å². The summed E-state index contributed by atoms with van der Waals surface area (Å²) in [6.07, 6.45) is 0. The molecule has 0 fully saturated rings. The average Bonchev–Trinajstić information content (AvgIpc) is 2.77. The van der Waals surface area contributed by atoms with Gasteiger partial charge in [-0.2, -0.15) is 0 Å². The van der Waals surface area contributed by atoms with E-state index in [0.29, 0.717) is 37.6 Å². The summed E-state index contributed by atoms with van der Waals surface area (Å²) >= 11 is 23.7. The Morgan fingerprint density at radius 1 is 1.05 bits per heavy atom. The number of aromatic nitrogens is 2. The standard InChI is InChI=1S/C14H7Cl4FN2/c15-6-14-20-11-4-8(17)9(18)5-13(11)21(14)12-2-1-7(16)3-10(12)19/h1-5H,6H2. The van der Waals surface area contributed by atoms with Gasteiger partial charge in [0.25, 0.3) is 0 Å². The minimum Gasteiger partial charge on any atom is -0.292 e. The third-order valence-electron chi connectivity index (χ3n) is 3.04. The second-order valence-corrected chi connectivity index (χ2v) is 5.87. The number of nitrogens with zero attached hydrogens (tertiary/aromatic N) is 2. The monoisotopic (exact) mass is 362 g/mol. The summed E-state index contributed by atoms with van der Waals surface area (Å²) in [6.45, 7) is 0. The zero-order valence-corrected chi connectivity index (χ0v) is 13.4. The molecular formula is C14H7Cl4FN2. The van der Waals surface area contributed by atoms with Crippen molar-refractivity contribution in [2.75, 3.05) is 0 Å². The maximum absolute atomic E-state index is 14.2. The Morgan fingerprint density at radius 2 is 1.76 bits per heavy atom. The number of imidazole rings is 1. The van der Waals surface area contributed by atoms with Crippen LogP contribution in [0.5, 0.6) is 0 Å². The predicted octanol–water partition coefficient (Wildman–Crippen LogP) is 5.86. The van der Waals surface area contributed by atoms with Crippen molar-refractivity contribution >= 4 is 57.4 Å². The fraction of sp³-hybridized carbons (Fsp3) is 0.0714. The van der Waals surface area contributed by atoms with E-state index >= 15 is 0 Å². The molecule has 0 N–H and O–H groups in total. The van der Waals surface area contributed by atoms with Crippen LogP contribution >= 0.6 is 46.4 Å². The first-order valence-corrected chi connectivity index (χ1v) is 7.56. The second kappa shape index (κ2) is 5.65. The van der Waals surface area contributed by atoms with Gasteiger partial charge in [0.15, 0.2) is 0 Å². The van der Waals surface area contributed by atoms with E-state index in [4.69, 9.17) is 46.4 Å². The van der Waals surface area contributed by atoms with Crippen molar-refractivity contribution in [3.8, 4) is 5.69 Å². The molecule has 2 nitrogen and oxygen atoms in total. The van der Waals surface area contributed by atoms with Gasteiger partial charge in [-0.3, -0.25) is 4.57 Å². The van der Waals surface area contributed by atoms with E-state index < -0.39 is 5.82 Å². The molecule has 0 amide bonds. The van der Waals surface area contributed by atoms with Gasteiger partial charge in [0.05, 0.1) is 32.6 Å². The number of alkyl halides is 1. The van der Waals surface area contributed by atoms with Gasteiger partial charge >= 0.3 is 0 Å². The van der Waals surface area contributed by atoms with E-state index in [2.05, 4.69) is 4.98 Å². The summed E-state index contributed by atoms with van der Waals surface area (Å²) in [5.41, 5.74) is 1.52. The molecule has 3 rings (SSSR count). The second-order valence-electron chi connectivity index (χ2n) is 4.35. The Hall–Kier alpha value is -1.000. The van der Waals surface area contributed by atoms with E-state index in [9.17, 15) is 4.39 Å². The third-order valence-corrected chi connectivity index (χ3v) is 4.23. The first kappa shape index (κ1) is 14.9. The summed E-state index contributed by atoms with van der Waals surface area (Å²) < 4.78 is 15.8. The molecule has 21 heavy (non-hydrogen) atoms. The number of halogens is 5. The molecule has 108 valence electrons. The topological polar surface area (TPSA) is 17.8 Å². The minimum atomic E-state index is -0.473. The van der Waals surface area contributed by atoms with Crippen molar-refractivity contribution in [2.24, 2.45) is 0 Å². The van der Waals surface area contributed by atoms with Gasteiger partial charge in [0.2, 0.25) is 0 Å². The number of fused-ring (bicyclic) bond motifs is 1. The molecular weight excluding hydrogens is 357 g/mol. The lowest BCUT2D eigenvalue weighted by atomic mass is 10.2. The van der Waals surface area contributed by atoms with Crippen LogP contribution in [-0.4, -0.2) is 9.55 Å². The highest BCUT2D eigenvalue weighted by molar-refractivity contribution is 6.42. The number of rotatable bonds is 2. The first-order chi connectivity index (χ1) is 10.0. The van der Waals surface area contributed by atoms with Crippen LogP contribution < -0.4 is 0 Å². The molecule has 7 heteroatoms. The van der Waals surface area contributed by atoms with E-state index in [1.807, 2.05) is 0 Å². The highest BCUT2D eigenvalue weighted by Gasteiger charge is 2.16. The molecule has 0 bridgehead atoms. The lowest BCUT2D eigenvalue weighted by Crippen LogP contribution is -2.02. The SMILES string of the molecule is Fc1cc(Cl)ccc1-n1c(CCl)nc2cc(Cl)c(Cl)cc21. The quantitative estimate of drug-likeness (QED) is 0.521. The van der Waals surface area contributed by atoms with Crippen molar-refractivity contribution in [2.45, 2.75) is 5.88 Å². The highest BCUT2D eigenvalue weighted by Crippen LogP contribution is 2.31. The summed E-state index contributed by atoms with van der Waals surface area (Å²) in [4.78, 5) is 4.36. The van der Waals surface area contributed by atoms with Gasteiger partial charge in [0, 0.05) is 5.02 Å². The molecule has 0 saturated heterocycles. The molecule has 0 atom stereocenters. The lowest BCUT2D eigenvalue weighted by molar-refractivity contribution is 0.618. The summed E-state index contributed by atoms with van der Waals surface area (Å²) in [7, 11) is 0. The van der Waals surface area contributed by atoms with Crippen molar-refractivity contribution in [3.05, 3.63) is 57.0 Å². The zero-order valence-electron chi connectivity index (χ0n) is 10.4. The van der Waals surface area contributed by atoms with Crippen molar-refractivity contribution < 1.29 is 4.39 Å². The molecule has 0 aliphatic heterocycles. The normalized spacial score (nSPS) is 11.3. The Morgan fingerprint density at radius 3 is 2.43 bits per heavy atom. The van der Waals surface area contributed by atoms with Crippen molar-refractivity contribution in [1.29, 1.82) is 0 Å². The van der Waals surface area contributed by atoms with Crippen LogP contribution in [-0.2, 0) is 5.88 Å². The molecule has 2 aromatic carbocycles. The maximum Gasteiger partial charge on any atom is 0.148 e. The fourth-order valence-corrected chi connectivity index (χ4v) is 2.80. The molecule has 0 radical (unpaired) electrons. The van der Waals surface area contributed by atoms with Crippen LogP contribution in [0.2, 0.25) is 15.1 Å². The lowest BCUT2D eigenvalue weighted by Gasteiger charge is -2.09. The van der Waals surface area contributed by atoms with Crippen LogP contribution in [0.1, 0.15) is 5.82 Å². The van der Waals surface area contributed by atoms with E-state index in [1.54, 1.807) is 28.8 Å². The number of hydrogen-bond donors (Lipinski definition) is 0. The molecule has 3 aromatic rings. The largest absolute Gasteiger partial charge is 0.292 e. The summed E-state index contributed by atoms with van der Waals surface area (Å²) in [6, 6.07) is 7.66. The maximum atomic E-state index is 14.2. The number of benzene rings is 2. The molecule has 0 aliphatic rings. The Bertz CT molecular complexity index is 845.